The minimum absolute atomic E-state index is 0.00319. The van der Waals surface area contributed by atoms with Crippen molar-refractivity contribution >= 4 is 11.0 Å². The first-order valence-corrected chi connectivity index (χ1v) is 15.1. The molecule has 0 atom stereocenters. The van der Waals surface area contributed by atoms with Crippen LogP contribution in [0.3, 0.4) is 0 Å². The number of hydrogen-bond acceptors (Lipinski definition) is 3. The summed E-state index contributed by atoms with van der Waals surface area (Å²) in [5.41, 5.74) is 7.35. The van der Waals surface area contributed by atoms with Gasteiger partial charge in [0.05, 0.1) is 28.0 Å². The molecule has 0 saturated heterocycles. The number of imidazole rings is 1. The van der Waals surface area contributed by atoms with Crippen molar-refractivity contribution in [2.75, 3.05) is 0 Å². The van der Waals surface area contributed by atoms with E-state index in [1.54, 1.807) is 35.0 Å². The minimum atomic E-state index is -0.743. The second-order valence-corrected chi connectivity index (χ2v) is 12.4. The molecule has 0 unspecified atom stereocenters. The molecule has 7 aromatic rings. The molecule has 0 spiro atoms. The molecule has 0 aliphatic rings. The molecule has 0 radical (unpaired) electrons. The summed E-state index contributed by atoms with van der Waals surface area (Å²) < 4.78 is 32.7. The SMILES string of the molecule is CC(C)(C)c1cc(-c2ccccn2)cc(-c2cccc3c2nc(-c2ccccc2O)n3-c2c(F)cc(F)cc2-c2ccccc2)c1. The number of fused-ring (bicyclic) bond motifs is 1. The minimum Gasteiger partial charge on any atom is -0.507 e. The third-order valence-electron chi connectivity index (χ3n) is 8.24. The van der Waals surface area contributed by atoms with Gasteiger partial charge in [-0.1, -0.05) is 87.5 Å². The number of para-hydroxylation sites is 2. The molecule has 0 saturated carbocycles. The zero-order valence-corrected chi connectivity index (χ0v) is 25.7. The molecule has 5 aromatic carbocycles. The van der Waals surface area contributed by atoms with Crippen molar-refractivity contribution in [2.24, 2.45) is 0 Å². The second-order valence-electron chi connectivity index (χ2n) is 12.4. The Labute approximate surface area is 266 Å². The number of hydrogen-bond donors (Lipinski definition) is 1. The number of phenolic OH excluding ortho intramolecular Hbond substituents is 1. The molecular formula is C40H31F2N3O. The maximum absolute atomic E-state index is 16.2. The first kappa shape index (κ1) is 29.1. The predicted octanol–water partition coefficient (Wildman–Crippen LogP) is 10.4. The summed E-state index contributed by atoms with van der Waals surface area (Å²) in [5.74, 6) is -1.10. The van der Waals surface area contributed by atoms with Crippen molar-refractivity contribution in [3.05, 3.63) is 145 Å². The fraction of sp³-hybridized carbons (Fsp3) is 0.100. The maximum atomic E-state index is 16.2. The Hall–Kier alpha value is -5.62. The van der Waals surface area contributed by atoms with E-state index in [4.69, 9.17) is 4.98 Å². The molecule has 0 fully saturated rings. The highest BCUT2D eigenvalue weighted by Gasteiger charge is 2.25. The van der Waals surface area contributed by atoms with Crippen LogP contribution >= 0.6 is 0 Å². The van der Waals surface area contributed by atoms with Gasteiger partial charge in [-0.3, -0.25) is 9.55 Å². The number of halogens is 2. The van der Waals surface area contributed by atoms with Crippen LogP contribution in [-0.2, 0) is 5.41 Å². The highest BCUT2D eigenvalue weighted by molar-refractivity contribution is 5.97. The highest BCUT2D eigenvalue weighted by Crippen LogP contribution is 2.42. The van der Waals surface area contributed by atoms with Crippen LogP contribution in [0.1, 0.15) is 26.3 Å². The first-order chi connectivity index (χ1) is 22.2. The number of aromatic nitrogens is 3. The Balaban J connectivity index is 1.57. The second kappa shape index (κ2) is 11.4. The molecule has 226 valence electrons. The van der Waals surface area contributed by atoms with Crippen molar-refractivity contribution in [1.29, 1.82) is 0 Å². The Morgan fingerprint density at radius 3 is 2.11 bits per heavy atom. The van der Waals surface area contributed by atoms with E-state index in [9.17, 15) is 9.50 Å². The van der Waals surface area contributed by atoms with E-state index in [2.05, 4.69) is 44.0 Å². The molecular weight excluding hydrogens is 576 g/mol. The summed E-state index contributed by atoms with van der Waals surface area (Å²) in [7, 11) is 0. The van der Waals surface area contributed by atoms with Crippen LogP contribution in [0.4, 0.5) is 8.78 Å². The first-order valence-electron chi connectivity index (χ1n) is 15.1. The Bertz CT molecular complexity index is 2220. The molecule has 4 nitrogen and oxygen atoms in total. The van der Waals surface area contributed by atoms with Gasteiger partial charge < -0.3 is 5.11 Å². The summed E-state index contributed by atoms with van der Waals surface area (Å²) in [4.78, 5) is 9.73. The quantitative estimate of drug-likeness (QED) is 0.212. The summed E-state index contributed by atoms with van der Waals surface area (Å²) in [5, 5.41) is 11.0. The molecule has 1 N–H and O–H groups in total. The van der Waals surface area contributed by atoms with Gasteiger partial charge in [-0.2, -0.15) is 0 Å². The lowest BCUT2D eigenvalue weighted by Crippen LogP contribution is -2.11. The fourth-order valence-corrected chi connectivity index (χ4v) is 5.93. The van der Waals surface area contributed by atoms with E-state index in [-0.39, 0.29) is 16.9 Å². The lowest BCUT2D eigenvalue weighted by Gasteiger charge is -2.21. The van der Waals surface area contributed by atoms with E-state index >= 15 is 4.39 Å². The molecule has 0 aliphatic heterocycles. The topological polar surface area (TPSA) is 50.9 Å². The highest BCUT2D eigenvalue weighted by atomic mass is 19.1. The largest absolute Gasteiger partial charge is 0.507 e. The number of rotatable bonds is 5. The van der Waals surface area contributed by atoms with Gasteiger partial charge in [0.15, 0.2) is 5.82 Å². The van der Waals surface area contributed by atoms with Gasteiger partial charge in [0, 0.05) is 29.0 Å². The van der Waals surface area contributed by atoms with Crippen molar-refractivity contribution in [2.45, 2.75) is 26.2 Å². The molecule has 0 bridgehead atoms. The molecule has 7 rings (SSSR count). The van der Waals surface area contributed by atoms with Gasteiger partial charge in [-0.25, -0.2) is 13.8 Å². The Kier molecular flexibility index (Phi) is 7.20. The number of pyridine rings is 1. The van der Waals surface area contributed by atoms with Crippen molar-refractivity contribution < 1.29 is 13.9 Å². The van der Waals surface area contributed by atoms with Gasteiger partial charge in [0.25, 0.3) is 0 Å². The summed E-state index contributed by atoms with van der Waals surface area (Å²) in [6.45, 7) is 6.51. The lowest BCUT2D eigenvalue weighted by molar-refractivity contribution is 0.476. The number of nitrogens with zero attached hydrogens (tertiary/aromatic N) is 3. The molecule has 0 amide bonds. The van der Waals surface area contributed by atoms with Gasteiger partial charge in [-0.15, -0.1) is 0 Å². The average molecular weight is 608 g/mol. The van der Waals surface area contributed by atoms with Crippen LogP contribution in [-0.4, -0.2) is 19.6 Å². The monoisotopic (exact) mass is 607 g/mol. The Morgan fingerprint density at radius 2 is 1.37 bits per heavy atom. The van der Waals surface area contributed by atoms with E-state index in [1.807, 2.05) is 66.7 Å². The van der Waals surface area contributed by atoms with E-state index < -0.39 is 11.6 Å². The van der Waals surface area contributed by atoms with Crippen LogP contribution in [0.25, 0.3) is 61.6 Å². The fourth-order valence-electron chi connectivity index (χ4n) is 5.93. The summed E-state index contributed by atoms with van der Waals surface area (Å²) in [6, 6.07) is 36.3. The van der Waals surface area contributed by atoms with Crippen molar-refractivity contribution in [1.82, 2.24) is 14.5 Å². The third kappa shape index (κ3) is 5.22. The predicted molar refractivity (Wildman–Crippen MR) is 181 cm³/mol. The van der Waals surface area contributed by atoms with Crippen LogP contribution in [0.5, 0.6) is 5.75 Å². The van der Waals surface area contributed by atoms with Gasteiger partial charge in [-0.05, 0) is 70.6 Å². The smallest absolute Gasteiger partial charge is 0.150 e. The summed E-state index contributed by atoms with van der Waals surface area (Å²) in [6.07, 6.45) is 1.78. The average Bonchev–Trinajstić information content (AvgIpc) is 3.44. The maximum Gasteiger partial charge on any atom is 0.150 e. The van der Waals surface area contributed by atoms with Gasteiger partial charge in [0.1, 0.15) is 17.4 Å². The normalized spacial score (nSPS) is 11.7. The van der Waals surface area contributed by atoms with Gasteiger partial charge in [0.2, 0.25) is 0 Å². The van der Waals surface area contributed by atoms with E-state index in [1.165, 1.54) is 6.07 Å². The molecule has 6 heteroatoms. The van der Waals surface area contributed by atoms with E-state index in [0.29, 0.717) is 33.5 Å². The number of phenols is 1. The van der Waals surface area contributed by atoms with Crippen molar-refractivity contribution in [3.8, 4) is 56.3 Å². The van der Waals surface area contributed by atoms with Crippen LogP contribution in [0.2, 0.25) is 0 Å². The van der Waals surface area contributed by atoms with Crippen molar-refractivity contribution in [3.63, 3.8) is 0 Å². The molecule has 2 aromatic heterocycles. The van der Waals surface area contributed by atoms with Crippen LogP contribution in [0.15, 0.2) is 128 Å². The standard InChI is InChI=1S/C40H31F2N3O/c1-40(2,3)28-21-26(20-27(22-28)34-16-9-10-19-43-34)30-15-11-17-35-37(30)44-39(31-14-7-8-18-36(31)46)45(35)38-32(23-29(41)24-33(38)42)25-12-5-4-6-13-25/h4-24,46H,1-3H3. The molecule has 0 aliphatic carbocycles. The van der Waals surface area contributed by atoms with Crippen LogP contribution in [0, 0.1) is 11.6 Å². The van der Waals surface area contributed by atoms with E-state index in [0.717, 1.165) is 34.0 Å². The number of aromatic hydroxyl groups is 1. The molecule has 46 heavy (non-hydrogen) atoms. The van der Waals surface area contributed by atoms with Gasteiger partial charge >= 0.3 is 0 Å². The van der Waals surface area contributed by atoms with Crippen LogP contribution < -0.4 is 0 Å². The zero-order chi connectivity index (χ0) is 32.0. The lowest BCUT2D eigenvalue weighted by atomic mass is 9.83. The molecule has 2 heterocycles. The third-order valence-corrected chi connectivity index (χ3v) is 8.24. The summed E-state index contributed by atoms with van der Waals surface area (Å²) >= 11 is 0. The zero-order valence-electron chi connectivity index (χ0n) is 25.7. The number of benzene rings is 5. The Morgan fingerprint density at radius 1 is 0.652 bits per heavy atom.